The first-order valence-corrected chi connectivity index (χ1v) is 27.2. The van der Waals surface area contributed by atoms with E-state index in [0.717, 1.165) is 51.4 Å². The normalized spacial score (nSPS) is 12.9. The second-order valence-electron chi connectivity index (χ2n) is 18.6. The van der Waals surface area contributed by atoms with Gasteiger partial charge in [-0.1, -0.05) is 224 Å². The second-order valence-corrected chi connectivity index (χ2v) is 18.6. The van der Waals surface area contributed by atoms with Gasteiger partial charge >= 0.3 is 5.97 Å². The molecule has 0 rings (SSSR count). The van der Waals surface area contributed by atoms with Gasteiger partial charge in [0.2, 0.25) is 5.91 Å². The molecule has 0 saturated heterocycles. The van der Waals surface area contributed by atoms with Gasteiger partial charge in [0, 0.05) is 12.8 Å². The number of nitrogens with one attached hydrogen (secondary N) is 1. The zero-order valence-corrected chi connectivity index (χ0v) is 41.4. The highest BCUT2D eigenvalue weighted by Crippen LogP contribution is 2.16. The van der Waals surface area contributed by atoms with Crippen molar-refractivity contribution in [3.63, 3.8) is 0 Å². The van der Waals surface area contributed by atoms with Crippen molar-refractivity contribution in [2.75, 3.05) is 13.2 Å². The van der Waals surface area contributed by atoms with E-state index in [1.54, 1.807) is 0 Å². The van der Waals surface area contributed by atoms with Crippen LogP contribution in [0.3, 0.4) is 0 Å². The number of aliphatic hydroxyl groups is 2. The van der Waals surface area contributed by atoms with E-state index in [9.17, 15) is 19.8 Å². The van der Waals surface area contributed by atoms with Gasteiger partial charge in [0.25, 0.3) is 0 Å². The lowest BCUT2D eigenvalue weighted by Crippen LogP contribution is -2.45. The number of hydrogen-bond acceptors (Lipinski definition) is 5. The zero-order valence-electron chi connectivity index (χ0n) is 41.4. The summed E-state index contributed by atoms with van der Waals surface area (Å²) in [5.41, 5.74) is 0. The predicted octanol–water partition coefficient (Wildman–Crippen LogP) is 16.5. The molecule has 0 aliphatic rings. The minimum absolute atomic E-state index is 0.00640. The third-order valence-electron chi connectivity index (χ3n) is 12.4. The van der Waals surface area contributed by atoms with E-state index < -0.39 is 12.1 Å². The molecule has 364 valence electrons. The second kappa shape index (κ2) is 51.7. The molecule has 0 aliphatic heterocycles. The summed E-state index contributed by atoms with van der Waals surface area (Å²) in [6.07, 6.45) is 62.8. The van der Waals surface area contributed by atoms with Crippen molar-refractivity contribution in [2.45, 2.75) is 296 Å². The van der Waals surface area contributed by atoms with Crippen molar-refractivity contribution < 1.29 is 24.5 Å². The summed E-state index contributed by atoms with van der Waals surface area (Å²) < 4.78 is 5.47. The Labute approximate surface area is 385 Å². The first kappa shape index (κ1) is 60.1. The molecular weight excluding hydrogens is 767 g/mol. The van der Waals surface area contributed by atoms with Crippen LogP contribution < -0.4 is 5.32 Å². The van der Waals surface area contributed by atoms with Gasteiger partial charge in [-0.25, -0.2) is 0 Å². The smallest absolute Gasteiger partial charge is 0.305 e. The number of hydrogen-bond donors (Lipinski definition) is 3. The van der Waals surface area contributed by atoms with Gasteiger partial charge in [-0.2, -0.15) is 0 Å². The SMILES string of the molecule is CCCCC/C=C\C/C=C\CCCCCCCC(=O)OCCCCCCCCCCCC/C=C\CCCCCCCCCC(=O)NC(CO)C(O)CCCCCCCCCCC. The Morgan fingerprint density at radius 3 is 1.27 bits per heavy atom. The highest BCUT2D eigenvalue weighted by Gasteiger charge is 2.20. The zero-order chi connectivity index (χ0) is 45.1. The molecule has 2 unspecified atom stereocenters. The Hall–Kier alpha value is -1.92. The van der Waals surface area contributed by atoms with Crippen molar-refractivity contribution in [1.82, 2.24) is 5.32 Å². The monoisotopic (exact) mass is 872 g/mol. The molecule has 0 aliphatic carbocycles. The fourth-order valence-corrected chi connectivity index (χ4v) is 8.19. The Bertz CT molecular complexity index is 1010. The molecule has 0 radical (unpaired) electrons. The molecule has 0 fully saturated rings. The topological polar surface area (TPSA) is 95.9 Å². The van der Waals surface area contributed by atoms with E-state index in [2.05, 4.69) is 55.6 Å². The van der Waals surface area contributed by atoms with Gasteiger partial charge in [-0.15, -0.1) is 0 Å². The van der Waals surface area contributed by atoms with E-state index >= 15 is 0 Å². The van der Waals surface area contributed by atoms with Crippen LogP contribution in [0.4, 0.5) is 0 Å². The van der Waals surface area contributed by atoms with Crippen molar-refractivity contribution in [3.05, 3.63) is 36.5 Å². The minimum atomic E-state index is -0.667. The van der Waals surface area contributed by atoms with Crippen LogP contribution >= 0.6 is 0 Å². The predicted molar refractivity (Wildman–Crippen MR) is 269 cm³/mol. The maximum Gasteiger partial charge on any atom is 0.305 e. The average molecular weight is 872 g/mol. The Balaban J connectivity index is 3.41. The van der Waals surface area contributed by atoms with Crippen LogP contribution in [0.5, 0.6) is 0 Å². The highest BCUT2D eigenvalue weighted by molar-refractivity contribution is 5.76. The molecule has 62 heavy (non-hydrogen) atoms. The third-order valence-corrected chi connectivity index (χ3v) is 12.4. The molecule has 0 spiro atoms. The summed E-state index contributed by atoms with van der Waals surface area (Å²) in [6, 6.07) is -0.545. The molecule has 1 amide bonds. The van der Waals surface area contributed by atoms with E-state index in [1.165, 1.54) is 199 Å². The van der Waals surface area contributed by atoms with Crippen LogP contribution in [0.2, 0.25) is 0 Å². The van der Waals surface area contributed by atoms with Gasteiger partial charge in [0.05, 0.1) is 25.4 Å². The van der Waals surface area contributed by atoms with Gasteiger partial charge in [-0.3, -0.25) is 9.59 Å². The van der Waals surface area contributed by atoms with Crippen LogP contribution in [0.1, 0.15) is 284 Å². The quantitative estimate of drug-likeness (QED) is 0.0321. The van der Waals surface area contributed by atoms with Crippen molar-refractivity contribution in [3.8, 4) is 0 Å². The molecule has 0 aromatic rings. The average Bonchev–Trinajstić information content (AvgIpc) is 3.27. The number of aliphatic hydroxyl groups excluding tert-OH is 2. The minimum Gasteiger partial charge on any atom is -0.466 e. The van der Waals surface area contributed by atoms with E-state index in [1.807, 2.05) is 0 Å². The first-order valence-electron chi connectivity index (χ1n) is 27.2. The third kappa shape index (κ3) is 47.6. The number of allylic oxidation sites excluding steroid dienone is 6. The summed E-state index contributed by atoms with van der Waals surface area (Å²) in [4.78, 5) is 24.4. The lowest BCUT2D eigenvalue weighted by molar-refractivity contribution is -0.143. The van der Waals surface area contributed by atoms with Crippen LogP contribution in [-0.4, -0.2) is 47.4 Å². The van der Waals surface area contributed by atoms with E-state index in [4.69, 9.17) is 4.74 Å². The molecule has 6 nitrogen and oxygen atoms in total. The maximum atomic E-state index is 12.4. The lowest BCUT2D eigenvalue weighted by atomic mass is 10.0. The van der Waals surface area contributed by atoms with E-state index in [0.29, 0.717) is 25.9 Å². The summed E-state index contributed by atoms with van der Waals surface area (Å²) >= 11 is 0. The summed E-state index contributed by atoms with van der Waals surface area (Å²) in [5, 5.41) is 23.1. The maximum absolute atomic E-state index is 12.4. The number of unbranched alkanes of at least 4 members (excludes halogenated alkanes) is 33. The highest BCUT2D eigenvalue weighted by atomic mass is 16.5. The van der Waals surface area contributed by atoms with Crippen LogP contribution in [0, 0.1) is 0 Å². The van der Waals surface area contributed by atoms with Crippen molar-refractivity contribution >= 4 is 11.9 Å². The van der Waals surface area contributed by atoms with Crippen molar-refractivity contribution in [1.29, 1.82) is 0 Å². The number of esters is 1. The molecule has 0 aromatic carbocycles. The summed E-state index contributed by atoms with van der Waals surface area (Å²) in [7, 11) is 0. The number of carbonyl (C=O) groups is 2. The number of ether oxygens (including phenoxy) is 1. The number of amides is 1. The van der Waals surface area contributed by atoms with Gasteiger partial charge in [0.15, 0.2) is 0 Å². The van der Waals surface area contributed by atoms with Crippen LogP contribution in [0.25, 0.3) is 0 Å². The number of carbonyl (C=O) groups excluding carboxylic acids is 2. The van der Waals surface area contributed by atoms with Gasteiger partial charge in [-0.05, 0) is 83.5 Å². The standard InChI is InChI=1S/C56H105NO5/c1-3-5-7-9-11-13-14-15-23-27-30-34-38-42-46-50-56(61)62-51-47-43-39-35-31-28-25-22-20-18-16-17-19-21-24-26-29-33-37-41-45-49-55(60)57-53(52-58)54(59)48-44-40-36-32-12-10-8-6-4-2/h11,13,15,17,19,23,53-54,58-59H,3-10,12,14,16,18,20-22,24-52H2,1-2H3,(H,57,60)/b13-11-,19-17-,23-15-. The Kier molecular flexibility index (Phi) is 50.1. The summed E-state index contributed by atoms with van der Waals surface area (Å²) in [6.45, 7) is 4.89. The van der Waals surface area contributed by atoms with Crippen LogP contribution in [-0.2, 0) is 14.3 Å². The number of rotatable bonds is 50. The van der Waals surface area contributed by atoms with Crippen LogP contribution in [0.15, 0.2) is 36.5 Å². The molecular formula is C56H105NO5. The van der Waals surface area contributed by atoms with Crippen molar-refractivity contribution in [2.24, 2.45) is 0 Å². The molecule has 0 aromatic heterocycles. The lowest BCUT2D eigenvalue weighted by Gasteiger charge is -2.22. The Morgan fingerprint density at radius 1 is 0.452 bits per heavy atom. The molecule has 0 saturated carbocycles. The summed E-state index contributed by atoms with van der Waals surface area (Å²) in [5.74, 6) is -0.0524. The molecule has 0 heterocycles. The molecule has 6 heteroatoms. The van der Waals surface area contributed by atoms with Gasteiger partial charge < -0.3 is 20.3 Å². The van der Waals surface area contributed by atoms with Gasteiger partial charge in [0.1, 0.15) is 0 Å². The first-order chi connectivity index (χ1) is 30.5. The largest absolute Gasteiger partial charge is 0.466 e. The fourth-order valence-electron chi connectivity index (χ4n) is 8.19. The molecule has 2 atom stereocenters. The molecule has 0 bridgehead atoms. The molecule has 3 N–H and O–H groups in total. The fraction of sp³-hybridized carbons (Fsp3) is 0.857. The van der Waals surface area contributed by atoms with E-state index in [-0.39, 0.29) is 18.5 Å². The Morgan fingerprint density at radius 2 is 0.806 bits per heavy atom.